The summed E-state index contributed by atoms with van der Waals surface area (Å²) in [5.74, 6) is 0.573. The standard InChI is InChI=1S/C17H17N3/c1-12(18)19-15-8-9-16-14(10-15)11-17(20(16)2)13-6-4-3-5-7-13/h3-11H,1-2H3,(H2,18,19). The number of nitrogens with two attached hydrogens (primary N) is 1. The second-order valence-corrected chi connectivity index (χ2v) is 4.95. The van der Waals surface area contributed by atoms with E-state index in [1.165, 1.54) is 22.2 Å². The first-order valence-corrected chi connectivity index (χ1v) is 6.61. The zero-order valence-corrected chi connectivity index (χ0v) is 11.7. The van der Waals surface area contributed by atoms with E-state index in [2.05, 4.69) is 59.1 Å². The van der Waals surface area contributed by atoms with Crippen molar-refractivity contribution < 1.29 is 0 Å². The van der Waals surface area contributed by atoms with Gasteiger partial charge < -0.3 is 10.3 Å². The summed E-state index contributed by atoms with van der Waals surface area (Å²) in [6.07, 6.45) is 0. The Labute approximate surface area is 118 Å². The number of amidine groups is 1. The molecule has 20 heavy (non-hydrogen) atoms. The van der Waals surface area contributed by atoms with Crippen LogP contribution in [0.4, 0.5) is 5.69 Å². The molecule has 0 spiro atoms. The van der Waals surface area contributed by atoms with Crippen molar-refractivity contribution in [1.29, 1.82) is 0 Å². The first-order chi connectivity index (χ1) is 9.65. The molecule has 2 aromatic carbocycles. The van der Waals surface area contributed by atoms with Gasteiger partial charge in [-0.2, -0.15) is 0 Å². The summed E-state index contributed by atoms with van der Waals surface area (Å²) in [5, 5.41) is 1.17. The average molecular weight is 263 g/mol. The SMILES string of the molecule is CC(N)=Nc1ccc2c(c1)cc(-c1ccccc1)n2C. The Morgan fingerprint density at radius 2 is 1.80 bits per heavy atom. The molecular weight excluding hydrogens is 246 g/mol. The zero-order valence-electron chi connectivity index (χ0n) is 11.7. The van der Waals surface area contributed by atoms with Gasteiger partial charge in [0, 0.05) is 23.6 Å². The number of hydrogen-bond donors (Lipinski definition) is 1. The third-order valence-electron chi connectivity index (χ3n) is 3.40. The zero-order chi connectivity index (χ0) is 14.1. The van der Waals surface area contributed by atoms with Gasteiger partial charge in [0.05, 0.1) is 11.5 Å². The fourth-order valence-electron chi connectivity index (χ4n) is 2.50. The predicted molar refractivity (Wildman–Crippen MR) is 85.3 cm³/mol. The lowest BCUT2D eigenvalue weighted by atomic mass is 10.1. The molecule has 2 N–H and O–H groups in total. The first kappa shape index (κ1) is 12.5. The van der Waals surface area contributed by atoms with Crippen molar-refractivity contribution in [2.75, 3.05) is 0 Å². The molecule has 100 valence electrons. The van der Waals surface area contributed by atoms with Crippen LogP contribution in [0.25, 0.3) is 22.2 Å². The fraction of sp³-hybridized carbons (Fsp3) is 0.118. The third-order valence-corrected chi connectivity index (χ3v) is 3.40. The molecule has 0 atom stereocenters. The van der Waals surface area contributed by atoms with E-state index in [4.69, 9.17) is 5.73 Å². The van der Waals surface area contributed by atoms with E-state index in [0.717, 1.165) is 5.69 Å². The Bertz CT molecular complexity index is 779. The van der Waals surface area contributed by atoms with Crippen molar-refractivity contribution >= 4 is 22.4 Å². The van der Waals surface area contributed by atoms with Crippen LogP contribution < -0.4 is 5.73 Å². The van der Waals surface area contributed by atoms with E-state index < -0.39 is 0 Å². The number of fused-ring (bicyclic) bond motifs is 1. The molecule has 0 amide bonds. The lowest BCUT2D eigenvalue weighted by molar-refractivity contribution is 0.978. The van der Waals surface area contributed by atoms with Gasteiger partial charge in [-0.3, -0.25) is 0 Å². The van der Waals surface area contributed by atoms with Crippen LogP contribution in [0, 0.1) is 0 Å². The molecule has 0 saturated carbocycles. The van der Waals surface area contributed by atoms with Crippen molar-refractivity contribution in [2.24, 2.45) is 17.8 Å². The minimum Gasteiger partial charge on any atom is -0.387 e. The van der Waals surface area contributed by atoms with E-state index in [1.807, 2.05) is 12.1 Å². The summed E-state index contributed by atoms with van der Waals surface area (Å²) in [4.78, 5) is 4.31. The monoisotopic (exact) mass is 263 g/mol. The highest BCUT2D eigenvalue weighted by Gasteiger charge is 2.07. The summed E-state index contributed by atoms with van der Waals surface area (Å²) in [5.41, 5.74) is 10.1. The molecular formula is C17H17N3. The molecule has 0 unspecified atom stereocenters. The third kappa shape index (κ3) is 2.18. The Hall–Kier alpha value is -2.55. The minimum atomic E-state index is 0.573. The van der Waals surface area contributed by atoms with Crippen molar-refractivity contribution in [3.8, 4) is 11.3 Å². The van der Waals surface area contributed by atoms with Crippen molar-refractivity contribution in [1.82, 2.24) is 4.57 Å². The lowest BCUT2D eigenvalue weighted by Crippen LogP contribution is -2.03. The Morgan fingerprint density at radius 1 is 1.05 bits per heavy atom. The van der Waals surface area contributed by atoms with Gasteiger partial charge in [-0.05, 0) is 36.8 Å². The maximum atomic E-state index is 5.64. The summed E-state index contributed by atoms with van der Waals surface area (Å²) in [7, 11) is 2.09. The molecule has 3 rings (SSSR count). The van der Waals surface area contributed by atoms with Crippen LogP contribution in [0.5, 0.6) is 0 Å². The number of aromatic nitrogens is 1. The fourth-order valence-corrected chi connectivity index (χ4v) is 2.50. The summed E-state index contributed by atoms with van der Waals surface area (Å²) < 4.78 is 2.20. The highest BCUT2D eigenvalue weighted by molar-refractivity contribution is 5.90. The van der Waals surface area contributed by atoms with Gasteiger partial charge in [0.1, 0.15) is 0 Å². The number of aliphatic imine (C=N–C) groups is 1. The molecule has 0 aliphatic heterocycles. The first-order valence-electron chi connectivity index (χ1n) is 6.61. The second-order valence-electron chi connectivity index (χ2n) is 4.95. The highest BCUT2D eigenvalue weighted by Crippen LogP contribution is 2.29. The quantitative estimate of drug-likeness (QED) is 0.554. The summed E-state index contributed by atoms with van der Waals surface area (Å²) in [6, 6.07) is 18.7. The van der Waals surface area contributed by atoms with Crippen LogP contribution in [0.3, 0.4) is 0 Å². The maximum absolute atomic E-state index is 5.64. The molecule has 1 aromatic heterocycles. The van der Waals surface area contributed by atoms with Crippen molar-refractivity contribution in [2.45, 2.75) is 6.92 Å². The maximum Gasteiger partial charge on any atom is 0.0964 e. The second kappa shape index (κ2) is 4.85. The number of nitrogens with zero attached hydrogens (tertiary/aromatic N) is 2. The highest BCUT2D eigenvalue weighted by atomic mass is 14.9. The van der Waals surface area contributed by atoms with Crippen molar-refractivity contribution in [3.63, 3.8) is 0 Å². The van der Waals surface area contributed by atoms with Crippen LogP contribution in [-0.4, -0.2) is 10.4 Å². The van der Waals surface area contributed by atoms with E-state index in [9.17, 15) is 0 Å². The van der Waals surface area contributed by atoms with E-state index in [1.54, 1.807) is 6.92 Å². The number of aryl methyl sites for hydroxylation is 1. The van der Waals surface area contributed by atoms with Gasteiger partial charge in [-0.25, -0.2) is 4.99 Å². The number of hydrogen-bond acceptors (Lipinski definition) is 1. The minimum absolute atomic E-state index is 0.573. The van der Waals surface area contributed by atoms with Gasteiger partial charge in [0.25, 0.3) is 0 Å². The molecule has 3 heteroatoms. The van der Waals surface area contributed by atoms with Crippen LogP contribution >= 0.6 is 0 Å². The Morgan fingerprint density at radius 3 is 2.50 bits per heavy atom. The molecule has 0 aliphatic rings. The predicted octanol–water partition coefficient (Wildman–Crippen LogP) is 3.85. The molecule has 0 bridgehead atoms. The Balaban J connectivity index is 2.17. The topological polar surface area (TPSA) is 43.3 Å². The van der Waals surface area contributed by atoms with Gasteiger partial charge in [-0.15, -0.1) is 0 Å². The number of benzene rings is 2. The largest absolute Gasteiger partial charge is 0.387 e. The average Bonchev–Trinajstić information content (AvgIpc) is 2.76. The van der Waals surface area contributed by atoms with Crippen molar-refractivity contribution in [3.05, 3.63) is 54.6 Å². The van der Waals surface area contributed by atoms with Gasteiger partial charge in [-0.1, -0.05) is 30.3 Å². The van der Waals surface area contributed by atoms with E-state index in [-0.39, 0.29) is 0 Å². The van der Waals surface area contributed by atoms with Gasteiger partial charge in [0.15, 0.2) is 0 Å². The molecule has 3 nitrogen and oxygen atoms in total. The molecule has 0 aliphatic carbocycles. The lowest BCUT2D eigenvalue weighted by Gasteiger charge is -2.04. The summed E-state index contributed by atoms with van der Waals surface area (Å²) >= 11 is 0. The number of rotatable bonds is 2. The Kier molecular flexibility index (Phi) is 3.03. The molecule has 3 aromatic rings. The van der Waals surface area contributed by atoms with E-state index in [0.29, 0.717) is 5.84 Å². The molecule has 0 radical (unpaired) electrons. The van der Waals surface area contributed by atoms with Crippen LogP contribution in [0.2, 0.25) is 0 Å². The van der Waals surface area contributed by atoms with Crippen LogP contribution in [-0.2, 0) is 7.05 Å². The molecule has 1 heterocycles. The molecule has 0 saturated heterocycles. The van der Waals surface area contributed by atoms with E-state index >= 15 is 0 Å². The van der Waals surface area contributed by atoms with Gasteiger partial charge >= 0.3 is 0 Å². The van der Waals surface area contributed by atoms with Crippen LogP contribution in [0.1, 0.15) is 6.92 Å². The van der Waals surface area contributed by atoms with Gasteiger partial charge in [0.2, 0.25) is 0 Å². The smallest absolute Gasteiger partial charge is 0.0964 e. The molecule has 0 fully saturated rings. The van der Waals surface area contributed by atoms with Crippen LogP contribution in [0.15, 0.2) is 59.6 Å². The normalized spacial score (nSPS) is 12.0. The summed E-state index contributed by atoms with van der Waals surface area (Å²) in [6.45, 7) is 1.80.